The molecule has 9 aromatic carbocycles. The lowest BCUT2D eigenvalue weighted by atomic mass is 9.59. The minimum absolute atomic E-state index is 0.175. The first-order valence-corrected chi connectivity index (χ1v) is 18.5. The number of fused-ring (bicyclic) bond motifs is 5. The van der Waals surface area contributed by atoms with Gasteiger partial charge in [0.2, 0.25) is 0 Å². The van der Waals surface area contributed by atoms with Crippen LogP contribution in [0.3, 0.4) is 0 Å². The molecule has 0 spiro atoms. The molecular formula is C50H27B5O. The highest BCUT2D eigenvalue weighted by atomic mass is 16.3. The van der Waals surface area contributed by atoms with Gasteiger partial charge >= 0.3 is 0 Å². The van der Waals surface area contributed by atoms with Gasteiger partial charge in [0.25, 0.3) is 0 Å². The highest BCUT2D eigenvalue weighted by Gasteiger charge is 2.22. The molecule has 0 aliphatic rings. The third-order valence-corrected chi connectivity index (χ3v) is 11.2. The maximum absolute atomic E-state index is 6.66. The number of benzene rings is 9. The molecule has 1 aromatic heterocycles. The zero-order chi connectivity index (χ0) is 38.1. The van der Waals surface area contributed by atoms with Gasteiger partial charge in [-0.3, -0.25) is 0 Å². The number of para-hydroxylation sites is 1. The van der Waals surface area contributed by atoms with Crippen LogP contribution in [-0.4, -0.2) is 39.2 Å². The Morgan fingerprint density at radius 2 is 0.786 bits per heavy atom. The fourth-order valence-electron chi connectivity index (χ4n) is 8.46. The molecule has 1 heterocycles. The smallest absolute Gasteiger partial charge is 0.143 e. The van der Waals surface area contributed by atoms with Crippen molar-refractivity contribution in [2.24, 2.45) is 0 Å². The Labute approximate surface area is 332 Å². The SMILES string of the molecule is [B]c1c([B])c([B])c(-c2cccc3c2oc2cccc(-c4ccc5c(-c6ccccc6)c6cc(-c7ccccc7)ccc6c(-c6ccccc6)c5c4)c23)c([B])c1[B]. The molecule has 0 amide bonds. The van der Waals surface area contributed by atoms with Gasteiger partial charge in [0.1, 0.15) is 50.4 Å². The van der Waals surface area contributed by atoms with Crippen molar-refractivity contribution in [3.05, 3.63) is 164 Å². The molecule has 0 atom stereocenters. The second-order valence-corrected chi connectivity index (χ2v) is 14.3. The second-order valence-electron chi connectivity index (χ2n) is 14.3. The Hall–Kier alpha value is -6.38. The van der Waals surface area contributed by atoms with Gasteiger partial charge in [-0.15, -0.1) is 16.4 Å². The van der Waals surface area contributed by atoms with E-state index in [1.165, 1.54) is 38.4 Å². The Morgan fingerprint density at radius 1 is 0.304 bits per heavy atom. The quantitative estimate of drug-likeness (QED) is 0.131. The zero-order valence-corrected chi connectivity index (χ0v) is 30.4. The molecular weight excluding hydrogens is 671 g/mol. The van der Waals surface area contributed by atoms with Crippen molar-refractivity contribution in [2.75, 3.05) is 0 Å². The Bertz CT molecular complexity index is 3140. The second kappa shape index (κ2) is 13.4. The molecule has 0 fully saturated rings. The van der Waals surface area contributed by atoms with Crippen molar-refractivity contribution in [3.8, 4) is 55.6 Å². The number of hydrogen-bond acceptors (Lipinski definition) is 1. The van der Waals surface area contributed by atoms with E-state index in [2.05, 4.69) is 140 Å². The van der Waals surface area contributed by atoms with Crippen molar-refractivity contribution in [3.63, 3.8) is 0 Å². The van der Waals surface area contributed by atoms with Gasteiger partial charge in [-0.2, -0.15) is 0 Å². The van der Waals surface area contributed by atoms with E-state index in [4.69, 9.17) is 43.6 Å². The standard InChI is InChI=1S/C50H27B5O/c51-45-44(46(52)48(54)49(55)47(45)53)37-20-10-19-36-43-33(18-11-21-40(43)56-50(36)37)32-23-25-35-39(27-32)42(30-16-8-3-9-17-30)34-24-22-31(28-12-4-1-5-13-28)26-38(34)41(35)29-14-6-2-7-15-29/h1-27H. The van der Waals surface area contributed by atoms with Gasteiger partial charge in [-0.05, 0) is 89.8 Å². The monoisotopic (exact) mass is 698 g/mol. The van der Waals surface area contributed by atoms with E-state index in [0.717, 1.165) is 44.0 Å². The van der Waals surface area contributed by atoms with Crippen molar-refractivity contribution < 1.29 is 4.42 Å². The number of hydrogen-bond donors (Lipinski definition) is 0. The maximum Gasteiger partial charge on any atom is 0.143 e. The minimum atomic E-state index is 0.175. The Kier molecular flexibility index (Phi) is 8.19. The molecule has 56 heavy (non-hydrogen) atoms. The lowest BCUT2D eigenvalue weighted by molar-refractivity contribution is 0.670. The van der Waals surface area contributed by atoms with Crippen LogP contribution >= 0.6 is 0 Å². The van der Waals surface area contributed by atoms with E-state index in [-0.39, 0.29) is 27.3 Å². The lowest BCUT2D eigenvalue weighted by Crippen LogP contribution is -2.55. The van der Waals surface area contributed by atoms with Crippen LogP contribution < -0.4 is 27.3 Å². The predicted molar refractivity (Wildman–Crippen MR) is 243 cm³/mol. The average molecular weight is 698 g/mol. The largest absolute Gasteiger partial charge is 0.455 e. The van der Waals surface area contributed by atoms with E-state index in [1.54, 1.807) is 0 Å². The van der Waals surface area contributed by atoms with Gasteiger partial charge < -0.3 is 4.42 Å². The normalized spacial score (nSPS) is 11.6. The molecule has 10 rings (SSSR count). The van der Waals surface area contributed by atoms with Gasteiger partial charge in [-0.25, -0.2) is 0 Å². The first kappa shape index (κ1) is 34.1. The van der Waals surface area contributed by atoms with E-state index in [9.17, 15) is 0 Å². The van der Waals surface area contributed by atoms with Gasteiger partial charge in [0.05, 0.1) is 0 Å². The maximum atomic E-state index is 6.66. The summed E-state index contributed by atoms with van der Waals surface area (Å²) in [7, 11) is 31.9. The van der Waals surface area contributed by atoms with E-state index in [1.807, 2.05) is 24.3 Å². The molecule has 0 N–H and O–H groups in total. The fourth-order valence-corrected chi connectivity index (χ4v) is 8.46. The topological polar surface area (TPSA) is 13.1 Å². The molecule has 1 nitrogen and oxygen atoms in total. The van der Waals surface area contributed by atoms with Crippen LogP contribution in [0.1, 0.15) is 0 Å². The van der Waals surface area contributed by atoms with Crippen molar-refractivity contribution in [2.45, 2.75) is 0 Å². The van der Waals surface area contributed by atoms with Crippen LogP contribution in [0.15, 0.2) is 168 Å². The Balaban J connectivity index is 1.27. The van der Waals surface area contributed by atoms with E-state index in [0.29, 0.717) is 16.7 Å². The summed E-state index contributed by atoms with van der Waals surface area (Å²) in [6.07, 6.45) is 0. The number of rotatable bonds is 5. The van der Waals surface area contributed by atoms with Crippen molar-refractivity contribution in [1.82, 2.24) is 0 Å². The molecule has 0 bridgehead atoms. The predicted octanol–water partition coefficient (Wildman–Crippen LogP) is 8.20. The number of furan rings is 1. The first-order chi connectivity index (χ1) is 27.4. The lowest BCUT2D eigenvalue weighted by Gasteiger charge is -2.21. The molecule has 248 valence electrons. The minimum Gasteiger partial charge on any atom is -0.455 e. The molecule has 6 heteroatoms. The molecule has 10 aromatic rings. The summed E-state index contributed by atoms with van der Waals surface area (Å²) >= 11 is 0. The summed E-state index contributed by atoms with van der Waals surface area (Å²) in [4.78, 5) is 0. The molecule has 0 aliphatic carbocycles. The summed E-state index contributed by atoms with van der Waals surface area (Å²) < 4.78 is 6.66. The Morgan fingerprint density at radius 3 is 1.38 bits per heavy atom. The van der Waals surface area contributed by atoms with Gasteiger partial charge in [-0.1, -0.05) is 157 Å². The molecule has 0 aliphatic heterocycles. The van der Waals surface area contributed by atoms with Crippen LogP contribution in [0.4, 0.5) is 0 Å². The van der Waals surface area contributed by atoms with Crippen LogP contribution in [0.25, 0.3) is 99.1 Å². The van der Waals surface area contributed by atoms with Gasteiger partial charge in [0.15, 0.2) is 0 Å². The van der Waals surface area contributed by atoms with Crippen LogP contribution in [0, 0.1) is 0 Å². The summed E-state index contributed by atoms with van der Waals surface area (Å²) in [5.74, 6) is 0. The van der Waals surface area contributed by atoms with Crippen LogP contribution in [-0.2, 0) is 0 Å². The third-order valence-electron chi connectivity index (χ3n) is 11.2. The highest BCUT2D eigenvalue weighted by Crippen LogP contribution is 2.47. The molecule has 0 unspecified atom stereocenters. The fraction of sp³-hybridized carbons (Fsp3) is 0. The van der Waals surface area contributed by atoms with Crippen molar-refractivity contribution in [1.29, 1.82) is 0 Å². The van der Waals surface area contributed by atoms with E-state index >= 15 is 0 Å². The van der Waals surface area contributed by atoms with Crippen molar-refractivity contribution >= 4 is 110 Å². The van der Waals surface area contributed by atoms with Gasteiger partial charge in [0, 0.05) is 16.3 Å². The highest BCUT2D eigenvalue weighted by molar-refractivity contribution is 6.68. The summed E-state index contributed by atoms with van der Waals surface area (Å²) in [6, 6.07) is 57.8. The average Bonchev–Trinajstić information content (AvgIpc) is 3.64. The van der Waals surface area contributed by atoms with E-state index < -0.39 is 0 Å². The first-order valence-electron chi connectivity index (χ1n) is 18.5. The zero-order valence-electron chi connectivity index (χ0n) is 30.4. The molecule has 0 saturated carbocycles. The summed E-state index contributed by atoms with van der Waals surface area (Å²) in [6.45, 7) is 0. The molecule has 10 radical (unpaired) electrons. The van der Waals surface area contributed by atoms with Crippen LogP contribution in [0.5, 0.6) is 0 Å². The van der Waals surface area contributed by atoms with Crippen LogP contribution in [0.2, 0.25) is 0 Å². The summed E-state index contributed by atoms with van der Waals surface area (Å²) in [5.41, 5.74) is 12.8. The third kappa shape index (κ3) is 5.31. The summed E-state index contributed by atoms with van der Waals surface area (Å²) in [5, 5.41) is 6.62. The molecule has 0 saturated heterocycles.